The third-order valence-electron chi connectivity index (χ3n) is 4.22. The van der Waals surface area contributed by atoms with Crippen molar-refractivity contribution < 1.29 is 14.3 Å². The highest BCUT2D eigenvalue weighted by atomic mass is 35.5. The molecule has 5 nitrogen and oxygen atoms in total. The van der Waals surface area contributed by atoms with Crippen LogP contribution in [-0.4, -0.2) is 20.3 Å². The average Bonchev–Trinajstić information content (AvgIpc) is 2.65. The predicted octanol–water partition coefficient (Wildman–Crippen LogP) is 4.87. The first-order valence-corrected chi connectivity index (χ1v) is 8.90. The van der Waals surface area contributed by atoms with Crippen LogP contribution in [0.3, 0.4) is 0 Å². The van der Waals surface area contributed by atoms with Crippen LogP contribution in [-0.2, 0) is 0 Å². The van der Waals surface area contributed by atoms with E-state index in [1.54, 1.807) is 14.2 Å². The van der Waals surface area contributed by atoms with E-state index in [-0.39, 0.29) is 18.1 Å². The van der Waals surface area contributed by atoms with Gasteiger partial charge in [-0.15, -0.1) is 0 Å². The molecule has 0 aliphatic heterocycles. The molecule has 2 aromatic carbocycles. The molecule has 0 bridgehead atoms. The number of rotatable bonds is 7. The van der Waals surface area contributed by atoms with Crippen LogP contribution in [0.25, 0.3) is 0 Å². The summed E-state index contributed by atoms with van der Waals surface area (Å²) >= 11 is 6.05. The standard InChI is InChI=1S/C20H25ClN2O3/c1-5-18(14-7-6-8-15(21)11-14)23-20(24)22-13(2)17-12-16(25-3)9-10-19(17)26-4/h6-13,18H,5H2,1-4H3,(H2,22,23,24). The van der Waals surface area contributed by atoms with Crippen molar-refractivity contribution in [2.75, 3.05) is 14.2 Å². The van der Waals surface area contributed by atoms with Gasteiger partial charge in [-0.05, 0) is 49.2 Å². The molecule has 0 aliphatic rings. The van der Waals surface area contributed by atoms with Gasteiger partial charge in [0, 0.05) is 10.6 Å². The number of amides is 2. The quantitative estimate of drug-likeness (QED) is 0.724. The van der Waals surface area contributed by atoms with Crippen LogP contribution in [0.4, 0.5) is 4.79 Å². The Bertz CT molecular complexity index is 752. The van der Waals surface area contributed by atoms with Gasteiger partial charge < -0.3 is 20.1 Å². The highest BCUT2D eigenvalue weighted by Crippen LogP contribution is 2.29. The van der Waals surface area contributed by atoms with E-state index in [0.717, 1.165) is 17.5 Å². The van der Waals surface area contributed by atoms with E-state index in [1.165, 1.54) is 0 Å². The second kappa shape index (κ2) is 9.34. The van der Waals surface area contributed by atoms with Crippen molar-refractivity contribution >= 4 is 17.6 Å². The number of urea groups is 1. The Morgan fingerprint density at radius 3 is 2.50 bits per heavy atom. The monoisotopic (exact) mass is 376 g/mol. The van der Waals surface area contributed by atoms with Gasteiger partial charge in [0.1, 0.15) is 11.5 Å². The van der Waals surface area contributed by atoms with Gasteiger partial charge in [-0.1, -0.05) is 30.7 Å². The molecule has 0 aliphatic carbocycles. The minimum absolute atomic E-state index is 0.117. The number of hydrogen-bond acceptors (Lipinski definition) is 3. The Balaban J connectivity index is 2.09. The van der Waals surface area contributed by atoms with Gasteiger partial charge in [0.2, 0.25) is 0 Å². The van der Waals surface area contributed by atoms with Crippen LogP contribution in [0, 0.1) is 0 Å². The van der Waals surface area contributed by atoms with Gasteiger partial charge in [0.05, 0.1) is 26.3 Å². The number of carbonyl (C=O) groups is 1. The molecule has 0 radical (unpaired) electrons. The highest BCUT2D eigenvalue weighted by Gasteiger charge is 2.18. The molecule has 0 heterocycles. The Kier molecular flexibility index (Phi) is 7.16. The van der Waals surface area contributed by atoms with Crippen LogP contribution in [0.5, 0.6) is 11.5 Å². The molecule has 0 saturated carbocycles. The van der Waals surface area contributed by atoms with Gasteiger partial charge in [0.25, 0.3) is 0 Å². The number of benzene rings is 2. The maximum absolute atomic E-state index is 12.5. The molecule has 140 valence electrons. The first-order chi connectivity index (χ1) is 12.5. The largest absolute Gasteiger partial charge is 0.497 e. The van der Waals surface area contributed by atoms with Gasteiger partial charge >= 0.3 is 6.03 Å². The third kappa shape index (κ3) is 5.05. The average molecular weight is 377 g/mol. The van der Waals surface area contributed by atoms with E-state index in [4.69, 9.17) is 21.1 Å². The second-order valence-electron chi connectivity index (χ2n) is 5.96. The number of ether oxygens (including phenoxy) is 2. The summed E-state index contributed by atoms with van der Waals surface area (Å²) < 4.78 is 10.7. The zero-order chi connectivity index (χ0) is 19.1. The maximum Gasteiger partial charge on any atom is 0.315 e. The Hall–Kier alpha value is -2.40. The van der Waals surface area contributed by atoms with Crippen LogP contribution in [0.2, 0.25) is 5.02 Å². The minimum atomic E-state index is -0.255. The lowest BCUT2D eigenvalue weighted by Crippen LogP contribution is -2.39. The third-order valence-corrected chi connectivity index (χ3v) is 4.45. The molecule has 2 unspecified atom stereocenters. The minimum Gasteiger partial charge on any atom is -0.497 e. The molecule has 26 heavy (non-hydrogen) atoms. The molecule has 2 aromatic rings. The van der Waals surface area contributed by atoms with Crippen LogP contribution in [0.1, 0.15) is 43.5 Å². The van der Waals surface area contributed by atoms with Crippen molar-refractivity contribution in [3.8, 4) is 11.5 Å². The number of carbonyl (C=O) groups excluding carboxylic acids is 1. The van der Waals surface area contributed by atoms with Crippen molar-refractivity contribution in [1.82, 2.24) is 10.6 Å². The van der Waals surface area contributed by atoms with Gasteiger partial charge in [-0.2, -0.15) is 0 Å². The molecule has 0 saturated heterocycles. The maximum atomic E-state index is 12.5. The van der Waals surface area contributed by atoms with Gasteiger partial charge in [-0.3, -0.25) is 0 Å². The fraction of sp³-hybridized carbons (Fsp3) is 0.350. The van der Waals surface area contributed by atoms with Crippen molar-refractivity contribution in [1.29, 1.82) is 0 Å². The van der Waals surface area contributed by atoms with E-state index >= 15 is 0 Å². The summed E-state index contributed by atoms with van der Waals surface area (Å²) in [5.74, 6) is 1.40. The van der Waals surface area contributed by atoms with E-state index in [1.807, 2.05) is 56.3 Å². The molecule has 2 rings (SSSR count). The predicted molar refractivity (Wildman–Crippen MR) is 104 cm³/mol. The molecule has 0 fully saturated rings. The number of halogens is 1. The summed E-state index contributed by atoms with van der Waals surface area (Å²) in [4.78, 5) is 12.5. The van der Waals surface area contributed by atoms with E-state index < -0.39 is 0 Å². The van der Waals surface area contributed by atoms with Crippen molar-refractivity contribution in [3.63, 3.8) is 0 Å². The topological polar surface area (TPSA) is 59.6 Å². The molecule has 2 atom stereocenters. The summed E-state index contributed by atoms with van der Waals surface area (Å²) in [5.41, 5.74) is 1.82. The molecule has 2 N–H and O–H groups in total. The Morgan fingerprint density at radius 2 is 1.88 bits per heavy atom. The summed E-state index contributed by atoms with van der Waals surface area (Å²) in [6.45, 7) is 3.91. The van der Waals surface area contributed by atoms with Crippen molar-refractivity contribution in [3.05, 3.63) is 58.6 Å². The van der Waals surface area contributed by atoms with Crippen LogP contribution in [0.15, 0.2) is 42.5 Å². The van der Waals surface area contributed by atoms with E-state index in [0.29, 0.717) is 16.5 Å². The zero-order valence-electron chi connectivity index (χ0n) is 15.5. The second-order valence-corrected chi connectivity index (χ2v) is 6.40. The summed E-state index contributed by atoms with van der Waals surface area (Å²) in [5, 5.41) is 6.60. The van der Waals surface area contributed by atoms with Crippen LogP contribution >= 0.6 is 11.6 Å². The van der Waals surface area contributed by atoms with E-state index in [9.17, 15) is 4.79 Å². The van der Waals surface area contributed by atoms with Crippen LogP contribution < -0.4 is 20.1 Å². The Morgan fingerprint density at radius 1 is 1.12 bits per heavy atom. The summed E-state index contributed by atoms with van der Waals surface area (Å²) in [6, 6.07) is 12.4. The number of methoxy groups -OCH3 is 2. The molecular formula is C20H25ClN2O3. The lowest BCUT2D eigenvalue weighted by atomic mass is 10.0. The van der Waals surface area contributed by atoms with Crippen molar-refractivity contribution in [2.45, 2.75) is 32.4 Å². The fourth-order valence-electron chi connectivity index (χ4n) is 2.80. The molecule has 0 spiro atoms. The SMILES string of the molecule is CCC(NC(=O)NC(C)c1cc(OC)ccc1OC)c1cccc(Cl)c1. The van der Waals surface area contributed by atoms with E-state index in [2.05, 4.69) is 10.6 Å². The highest BCUT2D eigenvalue weighted by molar-refractivity contribution is 6.30. The van der Waals surface area contributed by atoms with Gasteiger partial charge in [-0.25, -0.2) is 4.79 Å². The van der Waals surface area contributed by atoms with Crippen molar-refractivity contribution in [2.24, 2.45) is 0 Å². The zero-order valence-corrected chi connectivity index (χ0v) is 16.3. The Labute approximate surface area is 159 Å². The summed E-state index contributed by atoms with van der Waals surface area (Å²) in [7, 11) is 3.21. The summed E-state index contributed by atoms with van der Waals surface area (Å²) in [6.07, 6.45) is 0.755. The molecule has 0 aromatic heterocycles. The van der Waals surface area contributed by atoms with Gasteiger partial charge in [0.15, 0.2) is 0 Å². The molecular weight excluding hydrogens is 352 g/mol. The smallest absolute Gasteiger partial charge is 0.315 e. The lowest BCUT2D eigenvalue weighted by Gasteiger charge is -2.22. The number of nitrogens with one attached hydrogen (secondary N) is 2. The molecule has 2 amide bonds. The number of hydrogen-bond donors (Lipinski definition) is 2. The first kappa shape index (κ1) is 19.9. The lowest BCUT2D eigenvalue weighted by molar-refractivity contribution is 0.233. The molecule has 6 heteroatoms. The normalized spacial score (nSPS) is 12.8. The first-order valence-electron chi connectivity index (χ1n) is 8.52. The fourth-order valence-corrected chi connectivity index (χ4v) is 3.00.